The summed E-state index contributed by atoms with van der Waals surface area (Å²) in [5.41, 5.74) is 1.01. The molecule has 2 saturated heterocycles. The van der Waals surface area contributed by atoms with E-state index in [1.54, 1.807) is 6.26 Å². The van der Waals surface area contributed by atoms with Crippen LogP contribution in [0.15, 0.2) is 21.8 Å². The topological polar surface area (TPSA) is 60.1 Å². The van der Waals surface area contributed by atoms with E-state index in [4.69, 9.17) is 4.52 Å². The third-order valence-electron chi connectivity index (χ3n) is 5.22. The lowest BCUT2D eigenvalue weighted by Crippen LogP contribution is -2.52. The van der Waals surface area contributed by atoms with Crippen LogP contribution in [0, 0.1) is 5.92 Å². The molecule has 0 amide bonds. The summed E-state index contributed by atoms with van der Waals surface area (Å²) in [7, 11) is 1.89. The Kier molecular flexibility index (Phi) is 9.13. The van der Waals surface area contributed by atoms with Crippen molar-refractivity contribution in [2.24, 2.45) is 10.9 Å². The van der Waals surface area contributed by atoms with Crippen LogP contribution in [0.25, 0.3) is 0 Å². The quantitative estimate of drug-likeness (QED) is 0.384. The third-order valence-corrected chi connectivity index (χ3v) is 5.22. The van der Waals surface area contributed by atoms with E-state index >= 15 is 0 Å². The van der Waals surface area contributed by atoms with E-state index in [0.717, 1.165) is 56.8 Å². The Morgan fingerprint density at radius 1 is 1.27 bits per heavy atom. The number of rotatable bonds is 6. The van der Waals surface area contributed by atoms with E-state index in [9.17, 15) is 0 Å². The van der Waals surface area contributed by atoms with Gasteiger partial charge < -0.3 is 19.6 Å². The number of piperazine rings is 1. The summed E-state index contributed by atoms with van der Waals surface area (Å²) in [6, 6.07) is 1.94. The first-order chi connectivity index (χ1) is 12.3. The molecule has 2 fully saturated rings. The summed E-state index contributed by atoms with van der Waals surface area (Å²) in [5, 5.41) is 7.61. The molecule has 8 heteroatoms. The lowest BCUT2D eigenvalue weighted by molar-refractivity contribution is 0.168. The number of aliphatic imine (C=N–C) groups is 1. The molecule has 1 atom stereocenters. The minimum absolute atomic E-state index is 0. The van der Waals surface area contributed by atoms with Crippen molar-refractivity contribution >= 4 is 29.9 Å². The first-order valence-electron chi connectivity index (χ1n) is 9.58. The molecule has 7 nitrogen and oxygen atoms in total. The molecule has 3 heterocycles. The summed E-state index contributed by atoms with van der Waals surface area (Å²) in [6.07, 6.45) is 4.19. The fourth-order valence-corrected chi connectivity index (χ4v) is 3.83. The van der Waals surface area contributed by atoms with Crippen molar-refractivity contribution in [1.29, 1.82) is 0 Å². The number of nitrogens with zero attached hydrogens (tertiary/aromatic N) is 5. The Morgan fingerprint density at radius 2 is 2.08 bits per heavy atom. The number of guanidine groups is 1. The van der Waals surface area contributed by atoms with Gasteiger partial charge in [0.2, 0.25) is 0 Å². The highest BCUT2D eigenvalue weighted by atomic mass is 127. The lowest BCUT2D eigenvalue weighted by atomic mass is 10.1. The van der Waals surface area contributed by atoms with Crippen molar-refractivity contribution < 1.29 is 4.52 Å². The molecule has 0 saturated carbocycles. The van der Waals surface area contributed by atoms with Crippen molar-refractivity contribution in [1.82, 2.24) is 25.2 Å². The summed E-state index contributed by atoms with van der Waals surface area (Å²) >= 11 is 0. The maximum atomic E-state index is 4.92. The van der Waals surface area contributed by atoms with E-state index in [-0.39, 0.29) is 24.0 Å². The summed E-state index contributed by atoms with van der Waals surface area (Å²) in [6.45, 7) is 11.9. The van der Waals surface area contributed by atoms with Gasteiger partial charge in [0.1, 0.15) is 6.26 Å². The van der Waals surface area contributed by atoms with Crippen LogP contribution in [0.3, 0.4) is 0 Å². The molecule has 2 aliphatic heterocycles. The minimum atomic E-state index is 0. The molecular formula is C18H33IN6O. The second-order valence-electron chi connectivity index (χ2n) is 7.14. The Bertz CT molecular complexity index is 530. The molecule has 0 radical (unpaired) electrons. The van der Waals surface area contributed by atoms with Gasteiger partial charge in [0, 0.05) is 58.9 Å². The molecule has 2 aliphatic rings. The molecule has 0 bridgehead atoms. The predicted molar refractivity (Wildman–Crippen MR) is 115 cm³/mol. The van der Waals surface area contributed by atoms with Gasteiger partial charge >= 0.3 is 0 Å². The number of nitrogens with one attached hydrogen (secondary N) is 1. The summed E-state index contributed by atoms with van der Waals surface area (Å²) in [5.74, 6) is 1.80. The maximum absolute atomic E-state index is 4.92. The molecule has 3 rings (SSSR count). The van der Waals surface area contributed by atoms with Crippen LogP contribution in [0.2, 0.25) is 0 Å². The number of aromatic nitrogens is 1. The van der Waals surface area contributed by atoms with Gasteiger partial charge in [-0.05, 0) is 31.8 Å². The maximum Gasteiger partial charge on any atom is 0.193 e. The fourth-order valence-electron chi connectivity index (χ4n) is 3.83. The van der Waals surface area contributed by atoms with Crippen LogP contribution < -0.4 is 5.32 Å². The summed E-state index contributed by atoms with van der Waals surface area (Å²) < 4.78 is 4.92. The number of likely N-dealkylation sites (tertiary alicyclic amines) is 1. The number of hydrogen-bond acceptors (Lipinski definition) is 5. The molecule has 0 spiro atoms. The Balaban J connectivity index is 0.00000243. The van der Waals surface area contributed by atoms with E-state index in [0.29, 0.717) is 0 Å². The second-order valence-corrected chi connectivity index (χ2v) is 7.14. The lowest BCUT2D eigenvalue weighted by Gasteiger charge is -2.36. The SMILES string of the molecule is CCCN1CCC(CNC(=NC)N2CCN(Cc3ccon3)CC2)C1.I. The highest BCUT2D eigenvalue weighted by Gasteiger charge is 2.24. The van der Waals surface area contributed by atoms with Crippen LogP contribution >= 0.6 is 24.0 Å². The minimum Gasteiger partial charge on any atom is -0.364 e. The van der Waals surface area contributed by atoms with E-state index in [1.165, 1.54) is 32.5 Å². The number of hydrogen-bond donors (Lipinski definition) is 1. The van der Waals surface area contributed by atoms with Crippen LogP contribution in [0.5, 0.6) is 0 Å². The molecule has 148 valence electrons. The molecule has 0 aliphatic carbocycles. The van der Waals surface area contributed by atoms with Crippen molar-refractivity contribution in [3.8, 4) is 0 Å². The Hall–Kier alpha value is -0.870. The van der Waals surface area contributed by atoms with Gasteiger partial charge in [0.05, 0.1) is 5.69 Å². The highest BCUT2D eigenvalue weighted by molar-refractivity contribution is 14.0. The van der Waals surface area contributed by atoms with E-state index < -0.39 is 0 Å². The van der Waals surface area contributed by atoms with Crippen LogP contribution in [-0.4, -0.2) is 85.2 Å². The standard InChI is InChI=1S/C18H32N6O.HI/c1-3-6-22-7-4-16(14-22)13-20-18(19-2)24-10-8-23(9-11-24)15-17-5-12-25-21-17;/h5,12,16H,3-4,6-11,13-15H2,1-2H3,(H,19,20);1H. The van der Waals surface area contributed by atoms with Gasteiger partial charge in [0.15, 0.2) is 5.96 Å². The Morgan fingerprint density at radius 3 is 2.73 bits per heavy atom. The molecule has 1 aromatic rings. The fraction of sp³-hybridized carbons (Fsp3) is 0.778. The van der Waals surface area contributed by atoms with E-state index in [1.807, 2.05) is 13.1 Å². The summed E-state index contributed by atoms with van der Waals surface area (Å²) in [4.78, 5) is 11.9. The average molecular weight is 476 g/mol. The zero-order valence-electron chi connectivity index (χ0n) is 16.1. The van der Waals surface area contributed by atoms with Gasteiger partial charge in [-0.3, -0.25) is 9.89 Å². The van der Waals surface area contributed by atoms with E-state index in [2.05, 4.69) is 37.1 Å². The Labute approximate surface area is 174 Å². The third kappa shape index (κ3) is 6.09. The first kappa shape index (κ1) is 21.4. The van der Waals surface area contributed by atoms with Gasteiger partial charge in [-0.25, -0.2) is 0 Å². The van der Waals surface area contributed by atoms with Crippen LogP contribution in [0.1, 0.15) is 25.5 Å². The molecule has 26 heavy (non-hydrogen) atoms. The monoisotopic (exact) mass is 476 g/mol. The van der Waals surface area contributed by atoms with Crippen LogP contribution in [-0.2, 0) is 6.54 Å². The number of halogens is 1. The van der Waals surface area contributed by atoms with Crippen molar-refractivity contribution in [3.63, 3.8) is 0 Å². The molecule has 1 unspecified atom stereocenters. The average Bonchev–Trinajstić information content (AvgIpc) is 3.29. The van der Waals surface area contributed by atoms with Crippen molar-refractivity contribution in [3.05, 3.63) is 18.0 Å². The van der Waals surface area contributed by atoms with Gasteiger partial charge in [0.25, 0.3) is 0 Å². The van der Waals surface area contributed by atoms with Gasteiger partial charge in [-0.15, -0.1) is 24.0 Å². The van der Waals surface area contributed by atoms with Gasteiger partial charge in [-0.2, -0.15) is 0 Å². The zero-order chi connectivity index (χ0) is 17.5. The smallest absolute Gasteiger partial charge is 0.193 e. The largest absolute Gasteiger partial charge is 0.364 e. The highest BCUT2D eigenvalue weighted by Crippen LogP contribution is 2.15. The second kappa shape index (κ2) is 11.1. The normalized spacial score (nSPS) is 22.5. The molecule has 0 aromatic carbocycles. The molecule has 1 aromatic heterocycles. The molecular weight excluding hydrogens is 443 g/mol. The zero-order valence-corrected chi connectivity index (χ0v) is 18.4. The van der Waals surface area contributed by atoms with Gasteiger partial charge in [-0.1, -0.05) is 12.1 Å². The van der Waals surface area contributed by atoms with Crippen LogP contribution in [0.4, 0.5) is 0 Å². The van der Waals surface area contributed by atoms with Crippen molar-refractivity contribution in [2.75, 3.05) is 59.4 Å². The predicted octanol–water partition coefficient (Wildman–Crippen LogP) is 1.72. The first-order valence-corrected chi connectivity index (χ1v) is 9.58. The molecule has 1 N–H and O–H groups in total. The van der Waals surface area contributed by atoms with Crippen molar-refractivity contribution in [2.45, 2.75) is 26.3 Å².